The second-order valence-corrected chi connectivity index (χ2v) is 9.09. The zero-order valence-electron chi connectivity index (χ0n) is 18.6. The summed E-state index contributed by atoms with van der Waals surface area (Å²) in [6.45, 7) is 2.16. The smallest absolute Gasteiger partial charge is 0.407 e. The summed E-state index contributed by atoms with van der Waals surface area (Å²) in [4.78, 5) is 40.6. The first-order valence-electron chi connectivity index (χ1n) is 10.9. The predicted molar refractivity (Wildman–Crippen MR) is 128 cm³/mol. The fourth-order valence-corrected chi connectivity index (χ4v) is 4.72. The Balaban J connectivity index is 1.38. The molecular formula is C25H25N3O5S. The Hall–Kier alpha value is -3.72. The SMILES string of the molecule is Cc1nc(CNC(=O)C(CCC(=O)O)NC(=O)OCC2c3ccccc3-c3ccccc32)cs1. The number of carbonyl (C=O) groups excluding carboxylic acids is 2. The highest BCUT2D eigenvalue weighted by molar-refractivity contribution is 7.09. The van der Waals surface area contributed by atoms with Crippen LogP contribution in [0.15, 0.2) is 53.9 Å². The molecule has 176 valence electrons. The molecule has 0 aliphatic heterocycles. The molecule has 1 aliphatic rings. The number of aliphatic carboxylic acids is 1. The number of nitrogens with one attached hydrogen (secondary N) is 2. The monoisotopic (exact) mass is 479 g/mol. The van der Waals surface area contributed by atoms with Crippen molar-refractivity contribution in [2.24, 2.45) is 0 Å². The molecule has 1 atom stereocenters. The Labute approximate surface area is 201 Å². The van der Waals surface area contributed by atoms with E-state index in [0.29, 0.717) is 5.69 Å². The second kappa shape index (κ2) is 10.5. The molecule has 2 amide bonds. The highest BCUT2D eigenvalue weighted by Gasteiger charge is 2.30. The van der Waals surface area contributed by atoms with E-state index in [0.717, 1.165) is 27.3 Å². The summed E-state index contributed by atoms with van der Waals surface area (Å²) >= 11 is 1.47. The van der Waals surface area contributed by atoms with Crippen LogP contribution in [0.2, 0.25) is 0 Å². The van der Waals surface area contributed by atoms with E-state index in [-0.39, 0.29) is 31.9 Å². The number of ether oxygens (including phenoxy) is 1. The van der Waals surface area contributed by atoms with Crippen LogP contribution in [0.25, 0.3) is 11.1 Å². The van der Waals surface area contributed by atoms with Gasteiger partial charge in [-0.2, -0.15) is 0 Å². The van der Waals surface area contributed by atoms with Crippen molar-refractivity contribution in [3.05, 3.63) is 75.7 Å². The van der Waals surface area contributed by atoms with Crippen LogP contribution < -0.4 is 10.6 Å². The van der Waals surface area contributed by atoms with Crippen LogP contribution in [0.3, 0.4) is 0 Å². The topological polar surface area (TPSA) is 118 Å². The highest BCUT2D eigenvalue weighted by atomic mass is 32.1. The number of carboxylic acid groups (broad SMARTS) is 1. The van der Waals surface area contributed by atoms with Crippen molar-refractivity contribution in [2.75, 3.05) is 6.61 Å². The number of thiazole rings is 1. The molecule has 1 unspecified atom stereocenters. The number of nitrogens with zero attached hydrogens (tertiary/aromatic N) is 1. The van der Waals surface area contributed by atoms with Crippen LogP contribution >= 0.6 is 11.3 Å². The number of hydrogen-bond acceptors (Lipinski definition) is 6. The Morgan fingerprint density at radius 3 is 2.32 bits per heavy atom. The number of benzene rings is 2. The normalized spacial score (nSPS) is 13.0. The molecule has 0 fully saturated rings. The van der Waals surface area contributed by atoms with Crippen LogP contribution in [-0.4, -0.2) is 40.7 Å². The molecule has 0 spiro atoms. The number of carbonyl (C=O) groups is 3. The Morgan fingerprint density at radius 1 is 1.09 bits per heavy atom. The third kappa shape index (κ3) is 5.43. The van der Waals surface area contributed by atoms with Gasteiger partial charge in [0.1, 0.15) is 12.6 Å². The van der Waals surface area contributed by atoms with Crippen LogP contribution in [0.4, 0.5) is 4.79 Å². The summed E-state index contributed by atoms with van der Waals surface area (Å²) in [5.41, 5.74) is 5.09. The number of alkyl carbamates (subject to hydrolysis) is 1. The molecule has 3 N–H and O–H groups in total. The highest BCUT2D eigenvalue weighted by Crippen LogP contribution is 2.44. The molecule has 34 heavy (non-hydrogen) atoms. The van der Waals surface area contributed by atoms with Crippen molar-refractivity contribution in [3.63, 3.8) is 0 Å². The number of amides is 2. The van der Waals surface area contributed by atoms with Crippen molar-refractivity contribution >= 4 is 29.3 Å². The standard InChI is InChI=1S/C25H25N3O5S/c1-15-27-16(14-34-15)12-26-24(31)22(10-11-23(29)30)28-25(32)33-13-21-19-8-4-2-6-17(19)18-7-3-5-9-20(18)21/h2-9,14,21-22H,10-13H2,1H3,(H,26,31)(H,28,32)(H,29,30). The molecule has 9 heteroatoms. The van der Waals surface area contributed by atoms with Gasteiger partial charge in [0.05, 0.1) is 17.2 Å². The molecule has 1 heterocycles. The fraction of sp³-hybridized carbons (Fsp3) is 0.280. The number of hydrogen-bond donors (Lipinski definition) is 3. The number of rotatable bonds is 9. The van der Waals surface area contributed by atoms with E-state index in [9.17, 15) is 14.4 Å². The van der Waals surface area contributed by atoms with E-state index in [2.05, 4.69) is 15.6 Å². The van der Waals surface area contributed by atoms with Gasteiger partial charge in [-0.25, -0.2) is 9.78 Å². The van der Waals surface area contributed by atoms with Crippen LogP contribution in [0, 0.1) is 6.92 Å². The lowest BCUT2D eigenvalue weighted by atomic mass is 9.98. The molecular weight excluding hydrogens is 454 g/mol. The van der Waals surface area contributed by atoms with E-state index >= 15 is 0 Å². The van der Waals surface area contributed by atoms with Gasteiger partial charge < -0.3 is 20.5 Å². The van der Waals surface area contributed by atoms with E-state index in [1.807, 2.05) is 60.8 Å². The van der Waals surface area contributed by atoms with Gasteiger partial charge in [0.2, 0.25) is 5.91 Å². The molecule has 1 aromatic heterocycles. The Morgan fingerprint density at radius 2 is 1.74 bits per heavy atom. The predicted octanol–water partition coefficient (Wildman–Crippen LogP) is 3.84. The van der Waals surface area contributed by atoms with Crippen LogP contribution in [0.1, 0.15) is 40.6 Å². The molecule has 0 radical (unpaired) electrons. The average Bonchev–Trinajstić information content (AvgIpc) is 3.39. The quantitative estimate of drug-likeness (QED) is 0.429. The van der Waals surface area contributed by atoms with Gasteiger partial charge in [-0.1, -0.05) is 48.5 Å². The van der Waals surface area contributed by atoms with Crippen molar-refractivity contribution in [2.45, 2.75) is 38.3 Å². The number of aryl methyl sites for hydroxylation is 1. The van der Waals surface area contributed by atoms with Crippen molar-refractivity contribution in [3.8, 4) is 11.1 Å². The van der Waals surface area contributed by atoms with Gasteiger partial charge in [0.15, 0.2) is 0 Å². The summed E-state index contributed by atoms with van der Waals surface area (Å²) in [5.74, 6) is -1.65. The summed E-state index contributed by atoms with van der Waals surface area (Å²) in [5, 5.41) is 17.0. The van der Waals surface area contributed by atoms with Gasteiger partial charge in [0.25, 0.3) is 0 Å². The molecule has 0 bridgehead atoms. The van der Waals surface area contributed by atoms with Crippen LogP contribution in [-0.2, 0) is 20.9 Å². The molecule has 8 nitrogen and oxygen atoms in total. The van der Waals surface area contributed by atoms with Gasteiger partial charge in [-0.3, -0.25) is 9.59 Å². The summed E-state index contributed by atoms with van der Waals surface area (Å²) in [6.07, 6.45) is -1.09. The molecule has 4 rings (SSSR count). The third-order valence-electron chi connectivity index (χ3n) is 5.71. The molecule has 1 aliphatic carbocycles. The van der Waals surface area contributed by atoms with E-state index in [1.54, 1.807) is 0 Å². The van der Waals surface area contributed by atoms with Crippen LogP contribution in [0.5, 0.6) is 0 Å². The molecule has 0 saturated heterocycles. The Bertz CT molecular complexity index is 1160. The number of aromatic nitrogens is 1. The average molecular weight is 480 g/mol. The zero-order valence-corrected chi connectivity index (χ0v) is 19.4. The first-order valence-corrected chi connectivity index (χ1v) is 11.8. The largest absolute Gasteiger partial charge is 0.481 e. The van der Waals surface area contributed by atoms with Gasteiger partial charge in [-0.05, 0) is 35.6 Å². The minimum Gasteiger partial charge on any atom is -0.481 e. The number of fused-ring (bicyclic) bond motifs is 3. The van der Waals surface area contributed by atoms with Gasteiger partial charge in [0, 0.05) is 17.7 Å². The zero-order chi connectivity index (χ0) is 24.1. The van der Waals surface area contributed by atoms with E-state index in [4.69, 9.17) is 9.84 Å². The van der Waals surface area contributed by atoms with E-state index < -0.39 is 24.0 Å². The maximum Gasteiger partial charge on any atom is 0.407 e. The van der Waals surface area contributed by atoms with Crippen molar-refractivity contribution in [1.29, 1.82) is 0 Å². The fourth-order valence-electron chi connectivity index (χ4n) is 4.11. The first-order chi connectivity index (χ1) is 16.4. The van der Waals surface area contributed by atoms with Crippen molar-refractivity contribution in [1.82, 2.24) is 15.6 Å². The van der Waals surface area contributed by atoms with E-state index in [1.165, 1.54) is 11.3 Å². The van der Waals surface area contributed by atoms with Gasteiger partial charge in [-0.15, -0.1) is 11.3 Å². The maximum atomic E-state index is 12.7. The first kappa shape index (κ1) is 23.4. The van der Waals surface area contributed by atoms with Crippen molar-refractivity contribution < 1.29 is 24.2 Å². The lowest BCUT2D eigenvalue weighted by Gasteiger charge is -2.19. The molecule has 2 aromatic carbocycles. The summed E-state index contributed by atoms with van der Waals surface area (Å²) < 4.78 is 5.51. The lowest BCUT2D eigenvalue weighted by molar-refractivity contribution is -0.137. The third-order valence-corrected chi connectivity index (χ3v) is 6.53. The Kier molecular flexibility index (Phi) is 7.22. The summed E-state index contributed by atoms with van der Waals surface area (Å²) in [6, 6.07) is 15.0. The summed E-state index contributed by atoms with van der Waals surface area (Å²) in [7, 11) is 0. The maximum absolute atomic E-state index is 12.7. The number of carboxylic acids is 1. The minimum atomic E-state index is -1.05. The molecule has 3 aromatic rings. The minimum absolute atomic E-state index is 0.0541. The molecule has 0 saturated carbocycles. The van der Waals surface area contributed by atoms with Gasteiger partial charge >= 0.3 is 12.1 Å². The lowest BCUT2D eigenvalue weighted by Crippen LogP contribution is -2.47. The second-order valence-electron chi connectivity index (χ2n) is 8.03.